The fourth-order valence-electron chi connectivity index (χ4n) is 3.82. The van der Waals surface area contributed by atoms with Gasteiger partial charge in [-0.3, -0.25) is 4.90 Å². The van der Waals surface area contributed by atoms with Crippen molar-refractivity contribution in [2.24, 2.45) is 0 Å². The van der Waals surface area contributed by atoms with Crippen molar-refractivity contribution in [1.29, 1.82) is 0 Å². The molecule has 2 aromatic carbocycles. The molecule has 0 bridgehead atoms. The third-order valence-electron chi connectivity index (χ3n) is 5.55. The van der Waals surface area contributed by atoms with E-state index < -0.39 is 18.0 Å². The molecule has 8 nitrogen and oxygen atoms in total. The topological polar surface area (TPSA) is 99.8 Å². The number of rotatable bonds is 8. The van der Waals surface area contributed by atoms with E-state index in [1.807, 2.05) is 6.92 Å². The maximum Gasteiger partial charge on any atom is 0.338 e. The number of hydrogen-bond acceptors (Lipinski definition) is 4. The minimum absolute atomic E-state index is 0.289. The lowest BCUT2D eigenvalue weighted by atomic mass is 9.94. The largest absolute Gasteiger partial charge is 0.459 e. The van der Waals surface area contributed by atoms with Crippen LogP contribution in [0.5, 0.6) is 0 Å². The van der Waals surface area contributed by atoms with Gasteiger partial charge >= 0.3 is 18.0 Å². The molecular formula is C26H30Cl2N4O4. The number of esters is 1. The summed E-state index contributed by atoms with van der Waals surface area (Å²) in [4.78, 5) is 40.1. The Labute approximate surface area is 221 Å². The molecule has 10 heteroatoms. The average Bonchev–Trinajstić information content (AvgIpc) is 2.80. The van der Waals surface area contributed by atoms with E-state index in [4.69, 9.17) is 27.9 Å². The zero-order chi connectivity index (χ0) is 26.4. The van der Waals surface area contributed by atoms with Gasteiger partial charge in [-0.25, -0.2) is 14.4 Å². The molecule has 0 fully saturated rings. The number of nitrogens with one attached hydrogen (secondary N) is 3. The Bertz CT molecular complexity index is 1180. The molecule has 3 rings (SSSR count). The first kappa shape index (κ1) is 27.4. The molecule has 192 valence electrons. The number of ether oxygens (including phenoxy) is 1. The van der Waals surface area contributed by atoms with Crippen molar-refractivity contribution in [2.45, 2.75) is 52.7 Å². The number of benzene rings is 2. The average molecular weight is 533 g/mol. The highest BCUT2D eigenvalue weighted by Crippen LogP contribution is 2.33. The van der Waals surface area contributed by atoms with Crippen LogP contribution in [0.25, 0.3) is 0 Å². The number of hydrogen-bond donors (Lipinski definition) is 3. The number of carbonyl (C=O) groups excluding carboxylic acids is 3. The van der Waals surface area contributed by atoms with Gasteiger partial charge in [0.1, 0.15) is 0 Å². The summed E-state index contributed by atoms with van der Waals surface area (Å²) in [5.74, 6) is -0.496. The molecule has 0 aliphatic carbocycles. The quantitative estimate of drug-likeness (QED) is 0.328. The number of amides is 4. The number of carbonyl (C=O) groups is 3. The zero-order valence-electron chi connectivity index (χ0n) is 20.7. The summed E-state index contributed by atoms with van der Waals surface area (Å²) in [5, 5.41) is 9.08. The molecule has 1 heterocycles. The van der Waals surface area contributed by atoms with Crippen molar-refractivity contribution in [3.05, 3.63) is 69.3 Å². The summed E-state index contributed by atoms with van der Waals surface area (Å²) in [6.07, 6.45) is 1.39. The van der Waals surface area contributed by atoms with Crippen LogP contribution in [0, 0.1) is 0 Å². The van der Waals surface area contributed by atoms with E-state index >= 15 is 0 Å². The lowest BCUT2D eigenvalue weighted by molar-refractivity contribution is -0.143. The summed E-state index contributed by atoms with van der Waals surface area (Å²) in [6, 6.07) is 10.2. The van der Waals surface area contributed by atoms with Crippen molar-refractivity contribution in [3.8, 4) is 0 Å². The van der Waals surface area contributed by atoms with Crippen LogP contribution in [0.2, 0.25) is 10.0 Å². The molecule has 0 aromatic heterocycles. The Kier molecular flexibility index (Phi) is 9.23. The van der Waals surface area contributed by atoms with E-state index in [-0.39, 0.29) is 12.1 Å². The minimum atomic E-state index is -0.735. The molecule has 0 saturated heterocycles. The van der Waals surface area contributed by atoms with Crippen molar-refractivity contribution in [3.63, 3.8) is 0 Å². The second-order valence-electron chi connectivity index (χ2n) is 8.67. The Morgan fingerprint density at radius 2 is 1.78 bits per heavy atom. The number of urea groups is 2. The van der Waals surface area contributed by atoms with Gasteiger partial charge < -0.3 is 20.7 Å². The Morgan fingerprint density at radius 1 is 1.08 bits per heavy atom. The minimum Gasteiger partial charge on any atom is -0.459 e. The summed E-state index contributed by atoms with van der Waals surface area (Å²) in [7, 11) is 0. The molecule has 0 saturated carbocycles. The summed E-state index contributed by atoms with van der Waals surface area (Å²) >= 11 is 11.9. The van der Waals surface area contributed by atoms with Crippen LogP contribution in [-0.4, -0.2) is 35.6 Å². The van der Waals surface area contributed by atoms with E-state index in [0.717, 1.165) is 12.8 Å². The normalized spacial score (nSPS) is 15.6. The van der Waals surface area contributed by atoms with E-state index in [9.17, 15) is 14.4 Å². The van der Waals surface area contributed by atoms with Gasteiger partial charge in [-0.1, -0.05) is 48.7 Å². The van der Waals surface area contributed by atoms with E-state index in [1.165, 1.54) is 0 Å². The van der Waals surface area contributed by atoms with Gasteiger partial charge in [0.05, 0.1) is 27.8 Å². The number of allylic oxidation sites excluding steroid dienone is 1. The molecule has 0 unspecified atom stereocenters. The molecule has 3 N–H and O–H groups in total. The lowest BCUT2D eigenvalue weighted by Crippen LogP contribution is -2.48. The SMILES string of the molecule is CCCCN1C(=O)N[C@H](c2cccc(NC(=O)Nc3ccc(Cl)c(Cl)c3)c2)C(C(=O)OC(C)C)=C1C. The van der Waals surface area contributed by atoms with Crippen LogP contribution in [0.3, 0.4) is 0 Å². The van der Waals surface area contributed by atoms with Gasteiger partial charge in [-0.2, -0.15) is 0 Å². The predicted molar refractivity (Wildman–Crippen MR) is 142 cm³/mol. The van der Waals surface area contributed by atoms with Gasteiger partial charge in [-0.05, 0) is 63.1 Å². The molecule has 2 aromatic rings. The van der Waals surface area contributed by atoms with Crippen molar-refractivity contribution >= 4 is 52.6 Å². The smallest absolute Gasteiger partial charge is 0.338 e. The summed E-state index contributed by atoms with van der Waals surface area (Å²) in [5.41, 5.74) is 2.49. The van der Waals surface area contributed by atoms with Gasteiger partial charge in [-0.15, -0.1) is 0 Å². The fourth-order valence-corrected chi connectivity index (χ4v) is 4.12. The highest BCUT2D eigenvalue weighted by atomic mass is 35.5. The summed E-state index contributed by atoms with van der Waals surface area (Å²) < 4.78 is 5.50. The van der Waals surface area contributed by atoms with Crippen LogP contribution < -0.4 is 16.0 Å². The number of nitrogens with zero attached hydrogens (tertiary/aromatic N) is 1. The monoisotopic (exact) mass is 532 g/mol. The van der Waals surface area contributed by atoms with Crippen molar-refractivity contribution < 1.29 is 19.1 Å². The number of unbranched alkanes of at least 4 members (excludes halogenated alkanes) is 1. The Hall–Kier alpha value is -3.23. The lowest BCUT2D eigenvalue weighted by Gasteiger charge is -2.35. The first-order valence-electron chi connectivity index (χ1n) is 11.7. The van der Waals surface area contributed by atoms with Crippen LogP contribution in [0.1, 0.15) is 52.1 Å². The molecule has 1 aliphatic rings. The highest BCUT2D eigenvalue weighted by molar-refractivity contribution is 6.42. The Morgan fingerprint density at radius 3 is 2.42 bits per heavy atom. The standard InChI is InChI=1S/C26H30Cl2N4O4/c1-5-6-12-32-16(4)22(24(33)36-15(2)3)23(31-26(32)35)17-8-7-9-18(13-17)29-25(34)30-19-10-11-20(27)21(28)14-19/h7-11,13-15,23H,5-6,12H2,1-4H3,(H,31,35)(H2,29,30,34)/t23-/m1/s1. The maximum atomic E-state index is 13.1. The second kappa shape index (κ2) is 12.1. The molecule has 36 heavy (non-hydrogen) atoms. The van der Waals surface area contributed by atoms with Crippen LogP contribution in [0.15, 0.2) is 53.7 Å². The summed E-state index contributed by atoms with van der Waals surface area (Å²) in [6.45, 7) is 7.83. The van der Waals surface area contributed by atoms with Crippen LogP contribution in [-0.2, 0) is 9.53 Å². The molecule has 1 atom stereocenters. The van der Waals surface area contributed by atoms with Crippen molar-refractivity contribution in [1.82, 2.24) is 10.2 Å². The second-order valence-corrected chi connectivity index (χ2v) is 9.49. The Balaban J connectivity index is 1.87. The molecule has 4 amide bonds. The predicted octanol–water partition coefficient (Wildman–Crippen LogP) is 6.73. The molecule has 0 spiro atoms. The van der Waals surface area contributed by atoms with Gasteiger partial charge in [0.15, 0.2) is 0 Å². The molecular weight excluding hydrogens is 503 g/mol. The zero-order valence-corrected chi connectivity index (χ0v) is 22.2. The first-order valence-corrected chi connectivity index (χ1v) is 12.5. The third kappa shape index (κ3) is 6.71. The van der Waals surface area contributed by atoms with Gasteiger partial charge in [0, 0.05) is 23.6 Å². The van der Waals surface area contributed by atoms with Crippen molar-refractivity contribution in [2.75, 3.05) is 17.2 Å². The van der Waals surface area contributed by atoms with Crippen LogP contribution >= 0.6 is 23.2 Å². The fraction of sp³-hybridized carbons (Fsp3) is 0.346. The number of halogens is 2. The maximum absolute atomic E-state index is 13.1. The molecule has 0 radical (unpaired) electrons. The van der Waals surface area contributed by atoms with E-state index in [0.29, 0.717) is 44.8 Å². The highest BCUT2D eigenvalue weighted by Gasteiger charge is 2.36. The van der Waals surface area contributed by atoms with E-state index in [2.05, 4.69) is 16.0 Å². The number of anilines is 2. The first-order chi connectivity index (χ1) is 17.1. The third-order valence-corrected chi connectivity index (χ3v) is 6.29. The molecule has 1 aliphatic heterocycles. The van der Waals surface area contributed by atoms with Crippen LogP contribution in [0.4, 0.5) is 21.0 Å². The van der Waals surface area contributed by atoms with E-state index in [1.54, 1.807) is 68.1 Å². The van der Waals surface area contributed by atoms with Gasteiger partial charge in [0.25, 0.3) is 0 Å². The van der Waals surface area contributed by atoms with Gasteiger partial charge in [0.2, 0.25) is 0 Å².